The quantitative estimate of drug-likeness (QED) is 0.892. The first-order valence-corrected chi connectivity index (χ1v) is 7.05. The molecule has 0 amide bonds. The van der Waals surface area contributed by atoms with Crippen LogP contribution in [0, 0.1) is 0 Å². The molecule has 0 radical (unpaired) electrons. The summed E-state index contributed by atoms with van der Waals surface area (Å²) >= 11 is 9.68. The van der Waals surface area contributed by atoms with Crippen LogP contribution < -0.4 is 5.32 Å². The third kappa shape index (κ3) is 3.02. The molecule has 2 atom stereocenters. The summed E-state index contributed by atoms with van der Waals surface area (Å²) in [4.78, 5) is 0. The number of benzene rings is 1. The van der Waals surface area contributed by atoms with Crippen LogP contribution in [-0.4, -0.2) is 18.7 Å². The Kier molecular flexibility index (Phi) is 4.14. The van der Waals surface area contributed by atoms with Crippen molar-refractivity contribution in [3.05, 3.63) is 33.3 Å². The molecular formula is C13H17BrClNO. The van der Waals surface area contributed by atoms with Crippen LogP contribution in [0.2, 0.25) is 5.02 Å². The van der Waals surface area contributed by atoms with Crippen LogP contribution in [0.15, 0.2) is 22.7 Å². The van der Waals surface area contributed by atoms with E-state index in [-0.39, 0.29) is 11.7 Å². The topological polar surface area (TPSA) is 21.3 Å². The van der Waals surface area contributed by atoms with E-state index in [0.29, 0.717) is 0 Å². The summed E-state index contributed by atoms with van der Waals surface area (Å²) in [6.07, 6.45) is 1.03. The van der Waals surface area contributed by atoms with Crippen molar-refractivity contribution in [1.29, 1.82) is 0 Å². The lowest BCUT2D eigenvalue weighted by molar-refractivity contribution is -0.109. The van der Waals surface area contributed by atoms with Gasteiger partial charge in [-0.3, -0.25) is 0 Å². The zero-order chi connectivity index (χ0) is 12.5. The summed E-state index contributed by atoms with van der Waals surface area (Å²) in [5.41, 5.74) is 0.959. The third-order valence-corrected chi connectivity index (χ3v) is 4.13. The van der Waals surface area contributed by atoms with Crippen LogP contribution >= 0.6 is 27.5 Å². The molecule has 1 N–H and O–H groups in total. The van der Waals surface area contributed by atoms with Crippen molar-refractivity contribution in [3.8, 4) is 0 Å². The standard InChI is InChI=1S/C13H17BrClNO/c1-3-13(2)8-16-7-12(17-13)10-5-4-9(14)6-11(10)15/h4-6,12,16H,3,7-8H2,1-2H3. The molecule has 0 spiro atoms. The maximum absolute atomic E-state index is 6.26. The van der Waals surface area contributed by atoms with Crippen LogP contribution in [0.3, 0.4) is 0 Å². The fourth-order valence-electron chi connectivity index (χ4n) is 2.04. The molecule has 0 aromatic heterocycles. The van der Waals surface area contributed by atoms with Gasteiger partial charge in [0.2, 0.25) is 0 Å². The first-order valence-electron chi connectivity index (χ1n) is 5.87. The number of ether oxygens (including phenoxy) is 1. The Labute approximate surface area is 116 Å². The maximum atomic E-state index is 6.26. The first-order chi connectivity index (χ1) is 8.04. The van der Waals surface area contributed by atoms with E-state index in [1.165, 1.54) is 0 Å². The molecule has 0 saturated carbocycles. The molecule has 0 aliphatic carbocycles. The fourth-order valence-corrected chi connectivity index (χ4v) is 2.83. The van der Waals surface area contributed by atoms with E-state index in [0.717, 1.165) is 34.6 Å². The lowest BCUT2D eigenvalue weighted by atomic mass is 9.98. The molecule has 1 heterocycles. The monoisotopic (exact) mass is 317 g/mol. The Morgan fingerprint density at radius 3 is 3.00 bits per heavy atom. The maximum Gasteiger partial charge on any atom is 0.0971 e. The minimum Gasteiger partial charge on any atom is -0.365 e. The molecule has 0 bridgehead atoms. The van der Waals surface area contributed by atoms with Crippen molar-refractivity contribution >= 4 is 27.5 Å². The first kappa shape index (κ1) is 13.3. The molecule has 1 aliphatic heterocycles. The minimum atomic E-state index is -0.0979. The molecule has 17 heavy (non-hydrogen) atoms. The summed E-state index contributed by atoms with van der Waals surface area (Å²) in [7, 11) is 0. The van der Waals surface area contributed by atoms with E-state index in [9.17, 15) is 0 Å². The second-order valence-electron chi connectivity index (χ2n) is 4.71. The summed E-state index contributed by atoms with van der Waals surface area (Å²) in [6.45, 7) is 6.00. The molecule has 1 saturated heterocycles. The van der Waals surface area contributed by atoms with Crippen molar-refractivity contribution in [3.63, 3.8) is 0 Å². The summed E-state index contributed by atoms with van der Waals surface area (Å²) in [5, 5.41) is 4.18. The largest absolute Gasteiger partial charge is 0.365 e. The Morgan fingerprint density at radius 1 is 1.59 bits per heavy atom. The second kappa shape index (κ2) is 5.27. The predicted octanol–water partition coefficient (Wildman–Crippen LogP) is 3.93. The normalized spacial score (nSPS) is 29.3. The smallest absolute Gasteiger partial charge is 0.0971 e. The van der Waals surface area contributed by atoms with Gasteiger partial charge in [-0.2, -0.15) is 0 Å². The minimum absolute atomic E-state index is 0.0364. The van der Waals surface area contributed by atoms with Gasteiger partial charge in [0, 0.05) is 28.1 Å². The molecule has 4 heteroatoms. The van der Waals surface area contributed by atoms with Gasteiger partial charge in [0.15, 0.2) is 0 Å². The highest BCUT2D eigenvalue weighted by atomic mass is 79.9. The summed E-state index contributed by atoms with van der Waals surface area (Å²) in [6, 6.07) is 5.95. The highest BCUT2D eigenvalue weighted by Crippen LogP contribution is 2.34. The lowest BCUT2D eigenvalue weighted by Gasteiger charge is -2.39. The van der Waals surface area contributed by atoms with E-state index in [2.05, 4.69) is 35.1 Å². The third-order valence-electron chi connectivity index (χ3n) is 3.31. The van der Waals surface area contributed by atoms with E-state index < -0.39 is 0 Å². The van der Waals surface area contributed by atoms with Crippen LogP contribution in [0.1, 0.15) is 31.9 Å². The lowest BCUT2D eigenvalue weighted by Crippen LogP contribution is -2.48. The average molecular weight is 319 g/mol. The summed E-state index contributed by atoms with van der Waals surface area (Å²) < 4.78 is 7.16. The molecular weight excluding hydrogens is 302 g/mol. The molecule has 1 fully saturated rings. The molecule has 2 rings (SSSR count). The Morgan fingerprint density at radius 2 is 2.35 bits per heavy atom. The number of morpholine rings is 1. The number of halogens is 2. The van der Waals surface area contributed by atoms with Crippen molar-refractivity contribution < 1.29 is 4.74 Å². The highest BCUT2D eigenvalue weighted by molar-refractivity contribution is 9.10. The van der Waals surface area contributed by atoms with Gasteiger partial charge in [-0.1, -0.05) is 40.5 Å². The van der Waals surface area contributed by atoms with Crippen molar-refractivity contribution in [1.82, 2.24) is 5.32 Å². The van der Waals surface area contributed by atoms with E-state index in [1.54, 1.807) is 0 Å². The van der Waals surface area contributed by atoms with Crippen molar-refractivity contribution in [2.45, 2.75) is 32.0 Å². The van der Waals surface area contributed by atoms with Crippen molar-refractivity contribution in [2.24, 2.45) is 0 Å². The predicted molar refractivity (Wildman–Crippen MR) is 74.5 cm³/mol. The van der Waals surface area contributed by atoms with Gasteiger partial charge in [0.25, 0.3) is 0 Å². The number of nitrogens with one attached hydrogen (secondary N) is 1. The number of rotatable bonds is 2. The van der Waals surface area contributed by atoms with Gasteiger partial charge in [-0.05, 0) is 25.5 Å². The molecule has 1 aliphatic rings. The number of hydrogen-bond donors (Lipinski definition) is 1. The van der Waals surface area contributed by atoms with Gasteiger partial charge in [0.1, 0.15) is 0 Å². The Balaban J connectivity index is 2.22. The SMILES string of the molecule is CCC1(C)CNCC(c2ccc(Br)cc2Cl)O1. The Bertz CT molecular complexity index is 412. The highest BCUT2D eigenvalue weighted by Gasteiger charge is 2.32. The van der Waals surface area contributed by atoms with Crippen LogP contribution in [0.5, 0.6) is 0 Å². The van der Waals surface area contributed by atoms with Crippen LogP contribution in [-0.2, 0) is 4.74 Å². The summed E-state index contributed by atoms with van der Waals surface area (Å²) in [5.74, 6) is 0. The molecule has 2 nitrogen and oxygen atoms in total. The van der Waals surface area contributed by atoms with Gasteiger partial charge in [-0.25, -0.2) is 0 Å². The van der Waals surface area contributed by atoms with Gasteiger partial charge < -0.3 is 10.1 Å². The van der Waals surface area contributed by atoms with Gasteiger partial charge >= 0.3 is 0 Å². The van der Waals surface area contributed by atoms with Gasteiger partial charge in [-0.15, -0.1) is 0 Å². The molecule has 2 unspecified atom stereocenters. The van der Waals surface area contributed by atoms with Crippen LogP contribution in [0.25, 0.3) is 0 Å². The fraction of sp³-hybridized carbons (Fsp3) is 0.538. The Hall–Kier alpha value is -0.0900. The van der Waals surface area contributed by atoms with E-state index >= 15 is 0 Å². The molecule has 1 aromatic rings. The second-order valence-corrected chi connectivity index (χ2v) is 6.03. The zero-order valence-electron chi connectivity index (χ0n) is 10.1. The molecule has 94 valence electrons. The van der Waals surface area contributed by atoms with E-state index in [1.807, 2.05) is 18.2 Å². The van der Waals surface area contributed by atoms with Crippen molar-refractivity contribution in [2.75, 3.05) is 13.1 Å². The van der Waals surface area contributed by atoms with Gasteiger partial charge in [0.05, 0.1) is 11.7 Å². The van der Waals surface area contributed by atoms with Crippen LogP contribution in [0.4, 0.5) is 0 Å². The molecule has 1 aromatic carbocycles. The number of hydrogen-bond acceptors (Lipinski definition) is 2. The average Bonchev–Trinajstić information content (AvgIpc) is 2.29. The van der Waals surface area contributed by atoms with E-state index in [4.69, 9.17) is 16.3 Å². The zero-order valence-corrected chi connectivity index (χ0v) is 12.4.